The van der Waals surface area contributed by atoms with Crippen molar-refractivity contribution in [3.63, 3.8) is 0 Å². The van der Waals surface area contributed by atoms with E-state index in [1.165, 1.54) is 11.8 Å². The number of carbonyl (C=O) groups excluding carboxylic acids is 1. The van der Waals surface area contributed by atoms with Gasteiger partial charge in [0.2, 0.25) is 5.91 Å². The van der Waals surface area contributed by atoms with Crippen LogP contribution in [0.1, 0.15) is 25.5 Å². The topological polar surface area (TPSA) is 56.8 Å². The Morgan fingerprint density at radius 3 is 2.38 bits per heavy atom. The summed E-state index contributed by atoms with van der Waals surface area (Å²) in [7, 11) is 3.23. The summed E-state index contributed by atoms with van der Waals surface area (Å²) in [5.74, 6) is 2.58. The molecule has 0 aromatic heterocycles. The lowest BCUT2D eigenvalue weighted by atomic mass is 10.1. The summed E-state index contributed by atoms with van der Waals surface area (Å²) in [5.41, 5.74) is 0.881. The van der Waals surface area contributed by atoms with E-state index in [2.05, 4.69) is 5.32 Å². The molecule has 26 heavy (non-hydrogen) atoms. The van der Waals surface area contributed by atoms with E-state index >= 15 is 0 Å². The first-order valence-corrected chi connectivity index (χ1v) is 9.42. The van der Waals surface area contributed by atoms with Crippen molar-refractivity contribution in [2.75, 3.05) is 26.6 Å². The molecule has 0 heterocycles. The second-order valence-corrected chi connectivity index (χ2v) is 6.64. The molecule has 1 atom stereocenters. The Labute approximate surface area is 159 Å². The van der Waals surface area contributed by atoms with Crippen molar-refractivity contribution in [1.82, 2.24) is 5.32 Å². The van der Waals surface area contributed by atoms with Crippen LogP contribution in [-0.4, -0.2) is 32.5 Å². The zero-order valence-corrected chi connectivity index (χ0v) is 16.4. The van der Waals surface area contributed by atoms with Crippen LogP contribution in [0.25, 0.3) is 0 Å². The molecular formula is C20H25NO4S. The Morgan fingerprint density at radius 1 is 1.08 bits per heavy atom. The fourth-order valence-electron chi connectivity index (χ4n) is 2.49. The lowest BCUT2D eigenvalue weighted by Crippen LogP contribution is -2.28. The number of carbonyl (C=O) groups is 1. The van der Waals surface area contributed by atoms with E-state index in [0.717, 1.165) is 27.7 Å². The van der Waals surface area contributed by atoms with E-state index < -0.39 is 0 Å². The van der Waals surface area contributed by atoms with Crippen molar-refractivity contribution in [3.8, 4) is 17.2 Å². The van der Waals surface area contributed by atoms with E-state index in [0.29, 0.717) is 12.4 Å². The Kier molecular flexibility index (Phi) is 7.66. The Balaban J connectivity index is 1.92. The van der Waals surface area contributed by atoms with Gasteiger partial charge in [-0.05, 0) is 56.3 Å². The highest BCUT2D eigenvalue weighted by Gasteiger charge is 2.15. The number of rotatable bonds is 9. The average Bonchev–Trinajstić information content (AvgIpc) is 2.67. The third kappa shape index (κ3) is 5.59. The average molecular weight is 375 g/mol. The van der Waals surface area contributed by atoms with E-state index in [-0.39, 0.29) is 11.9 Å². The summed E-state index contributed by atoms with van der Waals surface area (Å²) < 4.78 is 16.1. The van der Waals surface area contributed by atoms with Gasteiger partial charge in [-0.1, -0.05) is 0 Å². The molecule has 0 saturated carbocycles. The van der Waals surface area contributed by atoms with Gasteiger partial charge in [-0.15, -0.1) is 11.8 Å². The Morgan fingerprint density at radius 2 is 1.77 bits per heavy atom. The maximum atomic E-state index is 12.3. The van der Waals surface area contributed by atoms with Gasteiger partial charge in [0, 0.05) is 10.5 Å². The van der Waals surface area contributed by atoms with Crippen LogP contribution in [-0.2, 0) is 4.79 Å². The first kappa shape index (κ1) is 20.0. The number of amides is 1. The van der Waals surface area contributed by atoms with Gasteiger partial charge >= 0.3 is 0 Å². The molecule has 0 fully saturated rings. The van der Waals surface area contributed by atoms with Gasteiger partial charge in [0.25, 0.3) is 0 Å². The van der Waals surface area contributed by atoms with E-state index in [9.17, 15) is 4.79 Å². The summed E-state index contributed by atoms with van der Waals surface area (Å²) in [6.45, 7) is 4.52. The summed E-state index contributed by atoms with van der Waals surface area (Å²) in [4.78, 5) is 13.3. The maximum absolute atomic E-state index is 12.3. The van der Waals surface area contributed by atoms with Crippen LogP contribution in [0.5, 0.6) is 17.2 Å². The van der Waals surface area contributed by atoms with E-state index in [1.807, 2.05) is 56.3 Å². The lowest BCUT2D eigenvalue weighted by Gasteiger charge is -2.18. The summed E-state index contributed by atoms with van der Waals surface area (Å²) >= 11 is 1.49. The first-order valence-electron chi connectivity index (χ1n) is 8.44. The van der Waals surface area contributed by atoms with Crippen molar-refractivity contribution >= 4 is 17.7 Å². The normalized spacial score (nSPS) is 11.5. The largest absolute Gasteiger partial charge is 0.497 e. The lowest BCUT2D eigenvalue weighted by molar-refractivity contribution is -0.119. The quantitative estimate of drug-likeness (QED) is 0.670. The molecule has 1 N–H and O–H groups in total. The molecule has 140 valence electrons. The standard InChI is InChI=1S/C20H25NO4S/c1-5-25-15-6-9-17(10-7-15)26-13-20(22)21-14(2)18-12-16(23-3)8-11-19(18)24-4/h6-12,14H,5,13H2,1-4H3,(H,21,22)/t14-/m1/s1. The van der Waals surface area contributed by atoms with Crippen LogP contribution in [0.3, 0.4) is 0 Å². The van der Waals surface area contributed by atoms with E-state index in [1.54, 1.807) is 14.2 Å². The molecule has 0 saturated heterocycles. The number of hydrogen-bond donors (Lipinski definition) is 1. The molecule has 2 aromatic carbocycles. The minimum absolute atomic E-state index is 0.0405. The molecule has 0 spiro atoms. The summed E-state index contributed by atoms with van der Waals surface area (Å²) in [6.07, 6.45) is 0. The molecule has 0 aliphatic heterocycles. The Bertz CT molecular complexity index is 718. The van der Waals surface area contributed by atoms with Gasteiger partial charge in [0.05, 0.1) is 32.6 Å². The minimum Gasteiger partial charge on any atom is -0.497 e. The van der Waals surface area contributed by atoms with Gasteiger partial charge in [0.15, 0.2) is 0 Å². The number of nitrogens with one attached hydrogen (secondary N) is 1. The second-order valence-electron chi connectivity index (χ2n) is 5.59. The van der Waals surface area contributed by atoms with Gasteiger partial charge < -0.3 is 19.5 Å². The highest BCUT2D eigenvalue weighted by Crippen LogP contribution is 2.29. The van der Waals surface area contributed by atoms with Crippen molar-refractivity contribution < 1.29 is 19.0 Å². The predicted molar refractivity (Wildman–Crippen MR) is 104 cm³/mol. The molecule has 0 bridgehead atoms. The third-order valence-electron chi connectivity index (χ3n) is 3.79. The van der Waals surface area contributed by atoms with Crippen LogP contribution in [0.15, 0.2) is 47.4 Å². The zero-order valence-electron chi connectivity index (χ0n) is 15.6. The number of thioether (sulfide) groups is 1. The molecule has 0 aliphatic carbocycles. The van der Waals surface area contributed by atoms with Crippen molar-refractivity contribution in [3.05, 3.63) is 48.0 Å². The molecular weight excluding hydrogens is 350 g/mol. The summed E-state index contributed by atoms with van der Waals surface area (Å²) in [5, 5.41) is 3.00. The van der Waals surface area contributed by atoms with E-state index in [4.69, 9.17) is 14.2 Å². The molecule has 6 heteroatoms. The number of hydrogen-bond acceptors (Lipinski definition) is 5. The maximum Gasteiger partial charge on any atom is 0.230 e. The predicted octanol–water partition coefficient (Wildman–Crippen LogP) is 4.07. The van der Waals surface area contributed by atoms with Crippen LogP contribution >= 0.6 is 11.8 Å². The van der Waals surface area contributed by atoms with Gasteiger partial charge in [0.1, 0.15) is 17.2 Å². The fraction of sp³-hybridized carbons (Fsp3) is 0.350. The number of methoxy groups -OCH3 is 2. The van der Waals surface area contributed by atoms with Crippen molar-refractivity contribution in [2.24, 2.45) is 0 Å². The molecule has 2 rings (SSSR count). The number of ether oxygens (including phenoxy) is 3. The minimum atomic E-state index is -0.187. The van der Waals surface area contributed by atoms with Crippen LogP contribution in [0.4, 0.5) is 0 Å². The molecule has 1 amide bonds. The SMILES string of the molecule is CCOc1ccc(SCC(=O)N[C@H](C)c2cc(OC)ccc2OC)cc1. The fourth-order valence-corrected chi connectivity index (χ4v) is 3.20. The van der Waals surface area contributed by atoms with Gasteiger partial charge in [-0.2, -0.15) is 0 Å². The highest BCUT2D eigenvalue weighted by atomic mass is 32.2. The first-order chi connectivity index (χ1) is 12.6. The van der Waals surface area contributed by atoms with Crippen LogP contribution < -0.4 is 19.5 Å². The molecule has 0 aliphatic rings. The second kappa shape index (κ2) is 9.97. The smallest absolute Gasteiger partial charge is 0.230 e. The zero-order chi connectivity index (χ0) is 18.9. The van der Waals surface area contributed by atoms with Gasteiger partial charge in [-0.3, -0.25) is 4.79 Å². The molecule has 0 unspecified atom stereocenters. The van der Waals surface area contributed by atoms with Gasteiger partial charge in [-0.25, -0.2) is 0 Å². The van der Waals surface area contributed by atoms with Crippen molar-refractivity contribution in [1.29, 1.82) is 0 Å². The monoisotopic (exact) mass is 375 g/mol. The summed E-state index contributed by atoms with van der Waals surface area (Å²) in [6, 6.07) is 13.1. The number of benzene rings is 2. The highest BCUT2D eigenvalue weighted by molar-refractivity contribution is 8.00. The Hall–Kier alpha value is -2.34. The van der Waals surface area contributed by atoms with Crippen LogP contribution in [0, 0.1) is 0 Å². The third-order valence-corrected chi connectivity index (χ3v) is 4.80. The molecule has 5 nitrogen and oxygen atoms in total. The van der Waals surface area contributed by atoms with Crippen molar-refractivity contribution in [2.45, 2.75) is 24.8 Å². The van der Waals surface area contributed by atoms with Crippen LogP contribution in [0.2, 0.25) is 0 Å². The molecule has 2 aromatic rings. The molecule has 0 radical (unpaired) electrons.